The van der Waals surface area contributed by atoms with Gasteiger partial charge in [-0.3, -0.25) is 0 Å². The van der Waals surface area contributed by atoms with E-state index in [1.807, 2.05) is 0 Å². The van der Waals surface area contributed by atoms with Gasteiger partial charge in [0.15, 0.2) is 9.84 Å². The topological polar surface area (TPSA) is 101 Å². The molecule has 0 fully saturated rings. The Labute approximate surface area is 126 Å². The van der Waals surface area contributed by atoms with Gasteiger partial charge in [0, 0.05) is 12.8 Å². The quantitative estimate of drug-likeness (QED) is 0.802. The number of hydrogen-bond acceptors (Lipinski definition) is 5. The molecule has 21 heavy (non-hydrogen) atoms. The van der Waals surface area contributed by atoms with Crippen LogP contribution in [0.25, 0.3) is 0 Å². The van der Waals surface area contributed by atoms with Gasteiger partial charge in [-0.25, -0.2) is 21.6 Å². The second-order valence-electron chi connectivity index (χ2n) is 5.60. The van der Waals surface area contributed by atoms with Gasteiger partial charge in [0.25, 0.3) is 0 Å². The fourth-order valence-electron chi connectivity index (χ4n) is 1.41. The molecule has 0 aliphatic rings. The van der Waals surface area contributed by atoms with Gasteiger partial charge >= 0.3 is 0 Å². The monoisotopic (exact) mass is 335 g/mol. The summed E-state index contributed by atoms with van der Waals surface area (Å²) in [6, 6.07) is 5.78. The van der Waals surface area contributed by atoms with Crippen LogP contribution in [0.2, 0.25) is 0 Å². The summed E-state index contributed by atoms with van der Waals surface area (Å²) in [6.45, 7) is 4.28. The molecule has 0 aliphatic heterocycles. The van der Waals surface area contributed by atoms with Crippen LogP contribution in [0, 0.1) is 0 Å². The fourth-order valence-corrected chi connectivity index (χ4v) is 3.05. The highest BCUT2D eigenvalue weighted by Gasteiger charge is 2.31. The molecule has 1 unspecified atom stereocenters. The number of hydrogen-bond donors (Lipinski definition) is 2. The van der Waals surface area contributed by atoms with Crippen LogP contribution in [0.1, 0.15) is 32.4 Å². The summed E-state index contributed by atoms with van der Waals surface area (Å²) in [5, 5.41) is 9.39. The standard InChI is InChI=1S/C13H21NO5S2/c1-10(15)11-5-7-12(8-6-11)21(18,19)14-9-13(2,3)20(4,16)17/h5-8,10,14-15H,9H2,1-4H3. The van der Waals surface area contributed by atoms with Crippen LogP contribution in [-0.2, 0) is 19.9 Å². The van der Waals surface area contributed by atoms with E-state index in [-0.39, 0.29) is 11.4 Å². The number of sulfone groups is 1. The normalized spacial score (nSPS) is 14.9. The van der Waals surface area contributed by atoms with E-state index in [9.17, 15) is 21.9 Å². The molecule has 6 nitrogen and oxygen atoms in total. The lowest BCUT2D eigenvalue weighted by Gasteiger charge is -2.22. The molecule has 0 aromatic heterocycles. The van der Waals surface area contributed by atoms with Crippen LogP contribution in [0.4, 0.5) is 0 Å². The van der Waals surface area contributed by atoms with E-state index in [1.165, 1.54) is 38.1 Å². The van der Waals surface area contributed by atoms with Gasteiger partial charge < -0.3 is 5.11 Å². The Hall–Kier alpha value is -0.960. The first kappa shape index (κ1) is 18.1. The SMILES string of the molecule is CC(O)c1ccc(S(=O)(=O)NCC(C)(C)S(C)(=O)=O)cc1. The second kappa shape index (κ2) is 6.04. The van der Waals surface area contributed by atoms with Crippen molar-refractivity contribution in [3.05, 3.63) is 29.8 Å². The van der Waals surface area contributed by atoms with Gasteiger partial charge in [-0.15, -0.1) is 0 Å². The Morgan fingerprint density at radius 3 is 2.00 bits per heavy atom. The molecule has 2 N–H and O–H groups in total. The maximum absolute atomic E-state index is 12.1. The van der Waals surface area contributed by atoms with Crippen LogP contribution in [0.15, 0.2) is 29.2 Å². The van der Waals surface area contributed by atoms with Gasteiger partial charge in [0.2, 0.25) is 10.0 Å². The van der Waals surface area contributed by atoms with Crippen LogP contribution in [-0.4, -0.2) is 39.5 Å². The van der Waals surface area contributed by atoms with Gasteiger partial charge in [0.1, 0.15) is 0 Å². The molecular weight excluding hydrogens is 314 g/mol. The highest BCUT2D eigenvalue weighted by molar-refractivity contribution is 7.92. The maximum atomic E-state index is 12.1. The van der Waals surface area contributed by atoms with Gasteiger partial charge in [-0.1, -0.05) is 12.1 Å². The van der Waals surface area contributed by atoms with Crippen molar-refractivity contribution in [1.82, 2.24) is 4.72 Å². The van der Waals surface area contributed by atoms with Crippen molar-refractivity contribution < 1.29 is 21.9 Å². The molecular formula is C13H21NO5S2. The molecule has 0 spiro atoms. The van der Waals surface area contributed by atoms with E-state index in [2.05, 4.69) is 4.72 Å². The van der Waals surface area contributed by atoms with Crippen molar-refractivity contribution in [3.8, 4) is 0 Å². The second-order valence-corrected chi connectivity index (χ2v) is 10.0. The maximum Gasteiger partial charge on any atom is 0.240 e. The molecule has 0 heterocycles. The molecule has 1 aromatic rings. The van der Waals surface area contributed by atoms with Crippen molar-refractivity contribution in [3.63, 3.8) is 0 Å². The molecule has 1 aromatic carbocycles. The van der Waals surface area contributed by atoms with Crippen molar-refractivity contribution in [2.45, 2.75) is 36.5 Å². The predicted molar refractivity (Wildman–Crippen MR) is 81.2 cm³/mol. The minimum Gasteiger partial charge on any atom is -0.389 e. The van der Waals surface area contributed by atoms with E-state index < -0.39 is 30.7 Å². The van der Waals surface area contributed by atoms with E-state index in [0.717, 1.165) is 6.26 Å². The van der Waals surface area contributed by atoms with Gasteiger partial charge in [-0.05, 0) is 38.5 Å². The first-order valence-corrected chi connectivity index (χ1v) is 9.71. The van der Waals surface area contributed by atoms with E-state index in [0.29, 0.717) is 5.56 Å². The summed E-state index contributed by atoms with van der Waals surface area (Å²) in [7, 11) is -7.18. The van der Waals surface area contributed by atoms with Gasteiger partial charge in [0.05, 0.1) is 15.7 Å². The Bertz CT molecular complexity index is 689. The highest BCUT2D eigenvalue weighted by atomic mass is 32.2. The summed E-state index contributed by atoms with van der Waals surface area (Å²) in [4.78, 5) is 0.0243. The molecule has 120 valence electrons. The van der Waals surface area contributed by atoms with Crippen LogP contribution >= 0.6 is 0 Å². The average Bonchev–Trinajstić information content (AvgIpc) is 2.35. The Morgan fingerprint density at radius 1 is 1.14 bits per heavy atom. The third kappa shape index (κ3) is 4.50. The zero-order valence-corrected chi connectivity index (χ0v) is 14.1. The lowest BCUT2D eigenvalue weighted by Crippen LogP contribution is -2.43. The minimum atomic E-state index is -3.79. The van der Waals surface area contributed by atoms with Gasteiger partial charge in [-0.2, -0.15) is 0 Å². The van der Waals surface area contributed by atoms with Crippen LogP contribution in [0.5, 0.6) is 0 Å². The molecule has 1 rings (SSSR count). The molecule has 0 amide bonds. The summed E-state index contributed by atoms with van der Waals surface area (Å²) in [6.07, 6.45) is 0.387. The lowest BCUT2D eigenvalue weighted by molar-refractivity contribution is 0.199. The molecule has 0 saturated carbocycles. The minimum absolute atomic E-state index is 0.0243. The molecule has 0 radical (unpaired) electrons. The fraction of sp³-hybridized carbons (Fsp3) is 0.538. The average molecular weight is 335 g/mol. The molecule has 8 heteroatoms. The number of benzene rings is 1. The number of sulfonamides is 1. The molecule has 0 bridgehead atoms. The third-order valence-corrected chi connectivity index (χ3v) is 6.93. The first-order chi connectivity index (χ1) is 9.37. The summed E-state index contributed by atoms with van der Waals surface area (Å²) in [5.41, 5.74) is 0.602. The molecule has 1 atom stereocenters. The first-order valence-electron chi connectivity index (χ1n) is 6.34. The summed E-state index contributed by atoms with van der Waals surface area (Å²) >= 11 is 0. The predicted octanol–water partition coefficient (Wildman–Crippen LogP) is 0.841. The van der Waals surface area contributed by atoms with E-state index in [4.69, 9.17) is 0 Å². The van der Waals surface area contributed by atoms with Crippen LogP contribution < -0.4 is 4.72 Å². The summed E-state index contributed by atoms with van der Waals surface area (Å²) in [5.74, 6) is 0. The van der Waals surface area contributed by atoms with Crippen molar-refractivity contribution in [1.29, 1.82) is 0 Å². The highest BCUT2D eigenvalue weighted by Crippen LogP contribution is 2.18. The molecule has 0 aliphatic carbocycles. The number of nitrogens with one attached hydrogen (secondary N) is 1. The summed E-state index contributed by atoms with van der Waals surface area (Å²) < 4.78 is 48.5. The Morgan fingerprint density at radius 2 is 1.62 bits per heavy atom. The number of aliphatic hydroxyl groups excluding tert-OH is 1. The Balaban J connectivity index is 2.93. The van der Waals surface area contributed by atoms with E-state index >= 15 is 0 Å². The zero-order valence-electron chi connectivity index (χ0n) is 12.5. The Kier molecular flexibility index (Phi) is 5.20. The smallest absolute Gasteiger partial charge is 0.240 e. The zero-order chi connectivity index (χ0) is 16.5. The number of aliphatic hydroxyl groups is 1. The van der Waals surface area contributed by atoms with E-state index in [1.54, 1.807) is 6.92 Å². The third-order valence-electron chi connectivity index (χ3n) is 3.36. The molecule has 0 saturated heterocycles. The largest absolute Gasteiger partial charge is 0.389 e. The van der Waals surface area contributed by atoms with Crippen molar-refractivity contribution >= 4 is 19.9 Å². The number of rotatable bonds is 6. The lowest BCUT2D eigenvalue weighted by atomic mass is 10.1. The van der Waals surface area contributed by atoms with Crippen LogP contribution in [0.3, 0.4) is 0 Å². The van der Waals surface area contributed by atoms with Crippen molar-refractivity contribution in [2.75, 3.05) is 12.8 Å². The van der Waals surface area contributed by atoms with Crippen molar-refractivity contribution in [2.24, 2.45) is 0 Å².